The second-order valence-electron chi connectivity index (χ2n) is 5.49. The number of benzene rings is 1. The summed E-state index contributed by atoms with van der Waals surface area (Å²) < 4.78 is 19.1. The zero-order valence-corrected chi connectivity index (χ0v) is 14.4. The molecule has 1 aromatic rings. The first-order chi connectivity index (χ1) is 11.5. The van der Waals surface area contributed by atoms with Crippen LogP contribution in [0.4, 0.5) is 4.39 Å². The fourth-order valence-corrected chi connectivity index (χ4v) is 3.74. The van der Waals surface area contributed by atoms with Crippen molar-refractivity contribution in [3.63, 3.8) is 0 Å². The number of hydrogen-bond donors (Lipinski definition) is 1. The summed E-state index contributed by atoms with van der Waals surface area (Å²) in [6.45, 7) is 0.836. The number of likely N-dealkylation sites (tertiary alicyclic amines) is 1. The molecule has 7 heteroatoms. The third kappa shape index (κ3) is 4.15. The van der Waals surface area contributed by atoms with Gasteiger partial charge >= 0.3 is 11.9 Å². The largest absolute Gasteiger partial charge is 0.478 e. The van der Waals surface area contributed by atoms with Crippen molar-refractivity contribution in [2.24, 2.45) is 0 Å². The highest BCUT2D eigenvalue weighted by Crippen LogP contribution is 2.33. The van der Waals surface area contributed by atoms with Gasteiger partial charge in [-0.15, -0.1) is 0 Å². The Labute approximate surface area is 144 Å². The highest BCUT2D eigenvalue weighted by molar-refractivity contribution is 7.99. The molecular formula is C17H20FNO4S. The normalized spacial score (nSPS) is 21.5. The molecule has 130 valence electrons. The van der Waals surface area contributed by atoms with E-state index in [1.165, 1.54) is 19.3 Å². The average molecular weight is 353 g/mol. The molecule has 0 radical (unpaired) electrons. The van der Waals surface area contributed by atoms with E-state index in [0.29, 0.717) is 18.5 Å². The Bertz CT molecular complexity index is 649. The predicted molar refractivity (Wildman–Crippen MR) is 90.4 cm³/mol. The summed E-state index contributed by atoms with van der Waals surface area (Å²) in [7, 11) is 1.26. The number of rotatable bonds is 5. The maximum absolute atomic E-state index is 14.2. The number of aliphatic carboxylic acids is 1. The quantitative estimate of drug-likeness (QED) is 0.648. The van der Waals surface area contributed by atoms with E-state index in [1.54, 1.807) is 34.9 Å². The number of methoxy groups -OCH3 is 1. The van der Waals surface area contributed by atoms with E-state index >= 15 is 0 Å². The summed E-state index contributed by atoms with van der Waals surface area (Å²) in [4.78, 5) is 25.1. The molecule has 2 atom stereocenters. The molecule has 0 aliphatic carbocycles. The van der Waals surface area contributed by atoms with Crippen LogP contribution in [0.25, 0.3) is 0 Å². The van der Waals surface area contributed by atoms with E-state index in [0.717, 1.165) is 0 Å². The zero-order chi connectivity index (χ0) is 17.7. The molecule has 2 rings (SSSR count). The van der Waals surface area contributed by atoms with Crippen molar-refractivity contribution >= 4 is 23.7 Å². The van der Waals surface area contributed by atoms with Crippen molar-refractivity contribution in [3.05, 3.63) is 47.3 Å². The number of hydrogen-bond acceptors (Lipinski definition) is 5. The minimum absolute atomic E-state index is 0.0799. The monoisotopic (exact) mass is 353 g/mol. The van der Waals surface area contributed by atoms with Gasteiger partial charge in [0.2, 0.25) is 0 Å². The lowest BCUT2D eigenvalue weighted by Crippen LogP contribution is -2.43. The third-order valence-electron chi connectivity index (χ3n) is 4.06. The Balaban J connectivity index is 2.36. The molecule has 1 N–H and O–H groups in total. The standard InChI is InChI=1S/C17H20FNO4S/c1-23-17(22)16(12-5-3-4-6-13(12)18)19-8-7-14(24-2)11(10-19)9-15(20)21/h3-6,9,14,16H,7-8,10H2,1-2H3,(H,20,21)/b11-9+/t14-,16-/m0/s1. The van der Waals surface area contributed by atoms with E-state index < -0.39 is 23.8 Å². The van der Waals surface area contributed by atoms with Gasteiger partial charge < -0.3 is 9.84 Å². The second-order valence-corrected chi connectivity index (χ2v) is 6.53. The van der Waals surface area contributed by atoms with E-state index in [4.69, 9.17) is 9.84 Å². The third-order valence-corrected chi connectivity index (χ3v) is 5.17. The van der Waals surface area contributed by atoms with Crippen molar-refractivity contribution in [2.45, 2.75) is 17.7 Å². The molecule has 0 aromatic heterocycles. The lowest BCUT2D eigenvalue weighted by molar-refractivity contribution is -0.147. The van der Waals surface area contributed by atoms with Gasteiger partial charge in [0, 0.05) is 30.0 Å². The van der Waals surface area contributed by atoms with Crippen LogP contribution in [0.2, 0.25) is 0 Å². The Morgan fingerprint density at radius 1 is 1.46 bits per heavy atom. The fourth-order valence-electron chi connectivity index (χ4n) is 2.95. The summed E-state index contributed by atoms with van der Waals surface area (Å²) in [6, 6.07) is 5.18. The van der Waals surface area contributed by atoms with Crippen molar-refractivity contribution in [1.82, 2.24) is 4.90 Å². The van der Waals surface area contributed by atoms with Crippen LogP contribution in [-0.4, -0.2) is 53.7 Å². The number of carbonyl (C=O) groups excluding carboxylic acids is 1. The topological polar surface area (TPSA) is 66.8 Å². The van der Waals surface area contributed by atoms with Crippen LogP contribution >= 0.6 is 11.8 Å². The molecule has 5 nitrogen and oxygen atoms in total. The Hall–Kier alpha value is -1.86. The lowest BCUT2D eigenvalue weighted by Gasteiger charge is -2.37. The van der Waals surface area contributed by atoms with Crippen molar-refractivity contribution in [3.8, 4) is 0 Å². The molecule has 0 amide bonds. The number of thioether (sulfide) groups is 1. The molecule has 24 heavy (non-hydrogen) atoms. The molecule has 1 heterocycles. The Kier molecular flexibility index (Phi) is 6.39. The first-order valence-corrected chi connectivity index (χ1v) is 8.79. The van der Waals surface area contributed by atoms with Crippen LogP contribution in [0.1, 0.15) is 18.0 Å². The van der Waals surface area contributed by atoms with Crippen LogP contribution in [-0.2, 0) is 14.3 Å². The predicted octanol–water partition coefficient (Wildman–Crippen LogP) is 2.49. The van der Waals surface area contributed by atoms with E-state index in [9.17, 15) is 14.0 Å². The highest BCUT2D eigenvalue weighted by Gasteiger charge is 2.35. The van der Waals surface area contributed by atoms with Gasteiger partial charge in [-0.2, -0.15) is 11.8 Å². The highest BCUT2D eigenvalue weighted by atomic mass is 32.2. The molecule has 0 unspecified atom stereocenters. The minimum Gasteiger partial charge on any atom is -0.478 e. The lowest BCUT2D eigenvalue weighted by atomic mass is 9.98. The minimum atomic E-state index is -1.02. The molecule has 1 aliphatic rings. The number of nitrogens with zero attached hydrogens (tertiary/aromatic N) is 1. The number of esters is 1. The molecule has 0 bridgehead atoms. The molecule has 0 saturated carbocycles. The number of piperidine rings is 1. The number of ether oxygens (including phenoxy) is 1. The van der Waals surface area contributed by atoms with E-state index in [2.05, 4.69) is 0 Å². The number of carboxylic acids is 1. The van der Waals surface area contributed by atoms with Gasteiger partial charge in [0.1, 0.15) is 11.9 Å². The summed E-state index contributed by atoms with van der Waals surface area (Å²) in [5.74, 6) is -2.06. The number of halogens is 1. The zero-order valence-electron chi connectivity index (χ0n) is 13.6. The summed E-state index contributed by atoms with van der Waals surface area (Å²) in [5.41, 5.74) is 0.952. The van der Waals surface area contributed by atoms with Crippen molar-refractivity contribution < 1.29 is 23.8 Å². The molecule has 1 saturated heterocycles. The van der Waals surface area contributed by atoms with Gasteiger partial charge in [-0.05, 0) is 24.3 Å². The van der Waals surface area contributed by atoms with Crippen LogP contribution in [0.3, 0.4) is 0 Å². The molecule has 1 aromatic carbocycles. The van der Waals surface area contributed by atoms with Gasteiger partial charge in [-0.3, -0.25) is 4.90 Å². The molecule has 1 fully saturated rings. The number of carbonyl (C=O) groups is 2. The first-order valence-electron chi connectivity index (χ1n) is 7.50. The molecule has 1 aliphatic heterocycles. The average Bonchev–Trinajstić information content (AvgIpc) is 2.56. The number of carboxylic acid groups (broad SMARTS) is 1. The summed E-state index contributed by atoms with van der Waals surface area (Å²) >= 11 is 1.57. The summed E-state index contributed by atoms with van der Waals surface area (Å²) in [5, 5.41) is 9.14. The fraction of sp³-hybridized carbons (Fsp3) is 0.412. The van der Waals surface area contributed by atoms with Crippen LogP contribution in [0.5, 0.6) is 0 Å². The Morgan fingerprint density at radius 3 is 2.75 bits per heavy atom. The van der Waals surface area contributed by atoms with Crippen molar-refractivity contribution in [2.75, 3.05) is 26.5 Å². The second kappa shape index (κ2) is 8.30. The van der Waals surface area contributed by atoms with E-state index in [1.807, 2.05) is 6.26 Å². The maximum atomic E-state index is 14.2. The SMILES string of the molecule is COC(=O)[C@H](c1ccccc1F)N1CC[C@H](SC)/C(=C/C(=O)O)C1. The van der Waals surface area contributed by atoms with Crippen molar-refractivity contribution in [1.29, 1.82) is 0 Å². The molecule has 0 spiro atoms. The van der Waals surface area contributed by atoms with Gasteiger partial charge in [0.05, 0.1) is 7.11 Å². The van der Waals surface area contributed by atoms with Crippen LogP contribution in [0, 0.1) is 5.82 Å². The van der Waals surface area contributed by atoms with Gasteiger partial charge in [-0.1, -0.05) is 18.2 Å². The van der Waals surface area contributed by atoms with Gasteiger partial charge in [-0.25, -0.2) is 14.0 Å². The van der Waals surface area contributed by atoms with Gasteiger partial charge in [0.15, 0.2) is 0 Å². The van der Waals surface area contributed by atoms with Crippen LogP contribution in [0.15, 0.2) is 35.9 Å². The molecular weight excluding hydrogens is 333 g/mol. The maximum Gasteiger partial charge on any atom is 0.328 e. The Morgan fingerprint density at radius 2 is 2.17 bits per heavy atom. The summed E-state index contributed by atoms with van der Waals surface area (Å²) in [6.07, 6.45) is 3.79. The first kappa shape index (κ1) is 18.5. The van der Waals surface area contributed by atoms with Crippen LogP contribution < -0.4 is 0 Å². The van der Waals surface area contributed by atoms with E-state index in [-0.39, 0.29) is 17.4 Å². The van der Waals surface area contributed by atoms with Gasteiger partial charge in [0.25, 0.3) is 0 Å². The smallest absolute Gasteiger partial charge is 0.328 e.